The molecular weight excluding hydrogens is 643 g/mol. The molecule has 0 saturated carbocycles. The maximum Gasteiger partial charge on any atom is 0.435 e. The summed E-state index contributed by atoms with van der Waals surface area (Å²) in [5.41, 5.74) is -6.35. The molecule has 0 aliphatic carbocycles. The minimum atomic E-state index is -5.37. The van der Waals surface area contributed by atoms with Gasteiger partial charge in [-0.15, -0.1) is 0 Å². The number of hydrogen-bond acceptors (Lipinski definition) is 6. The molecule has 4 rings (SSSR count). The Bertz CT molecular complexity index is 1500. The van der Waals surface area contributed by atoms with E-state index in [9.17, 15) is 43.9 Å². The summed E-state index contributed by atoms with van der Waals surface area (Å²) in [5, 5.41) is 6.05. The minimum Gasteiger partial charge on any atom is -0.374 e. The number of hydroxylamine groups is 1. The van der Waals surface area contributed by atoms with Crippen LogP contribution in [-0.4, -0.2) is 56.1 Å². The van der Waals surface area contributed by atoms with Crippen LogP contribution in [0.5, 0.6) is 0 Å². The summed E-state index contributed by atoms with van der Waals surface area (Å²) < 4.78 is 121. The van der Waals surface area contributed by atoms with E-state index in [-0.39, 0.29) is 41.6 Å². The second kappa shape index (κ2) is 10.3. The third kappa shape index (κ3) is 5.69. The van der Waals surface area contributed by atoms with Gasteiger partial charge in [0.15, 0.2) is 0 Å². The Kier molecular flexibility index (Phi) is 7.75. The van der Waals surface area contributed by atoms with Gasteiger partial charge in [-0.25, -0.2) is 12.8 Å². The summed E-state index contributed by atoms with van der Waals surface area (Å²) in [6.07, 6.45) is -10.7. The van der Waals surface area contributed by atoms with Crippen molar-refractivity contribution in [1.29, 1.82) is 0 Å². The van der Waals surface area contributed by atoms with Crippen molar-refractivity contribution >= 4 is 37.6 Å². The number of alkyl halides is 6. The van der Waals surface area contributed by atoms with E-state index >= 15 is 0 Å². The van der Waals surface area contributed by atoms with E-state index in [1.165, 1.54) is 25.1 Å². The second-order valence-corrected chi connectivity index (χ2v) is 11.9. The molecule has 0 bridgehead atoms. The van der Waals surface area contributed by atoms with Gasteiger partial charge in [0.25, 0.3) is 11.5 Å². The molecule has 2 aliphatic heterocycles. The van der Waals surface area contributed by atoms with Crippen molar-refractivity contribution in [3.63, 3.8) is 0 Å². The fourth-order valence-electron chi connectivity index (χ4n) is 4.22. The lowest BCUT2D eigenvalue weighted by molar-refractivity contribution is -0.277. The van der Waals surface area contributed by atoms with Gasteiger partial charge >= 0.3 is 12.4 Å². The van der Waals surface area contributed by atoms with E-state index in [1.54, 1.807) is 0 Å². The molecule has 8 nitrogen and oxygen atoms in total. The number of halogens is 8. The molecule has 0 spiro atoms. The highest BCUT2D eigenvalue weighted by atomic mass is 79.9. The van der Waals surface area contributed by atoms with Crippen LogP contribution >= 0.6 is 15.9 Å². The highest BCUT2D eigenvalue weighted by Crippen LogP contribution is 2.51. The van der Waals surface area contributed by atoms with Crippen LogP contribution in [0.2, 0.25) is 0 Å². The van der Waals surface area contributed by atoms with Crippen molar-refractivity contribution < 1.29 is 53.6 Å². The van der Waals surface area contributed by atoms with Crippen LogP contribution in [0.4, 0.5) is 30.7 Å². The van der Waals surface area contributed by atoms with Crippen molar-refractivity contribution in [3.8, 4) is 0 Å². The van der Waals surface area contributed by atoms with Crippen molar-refractivity contribution in [3.05, 3.63) is 68.4 Å². The van der Waals surface area contributed by atoms with Crippen molar-refractivity contribution in [2.75, 3.05) is 19.4 Å². The number of carbonyl (C=O) groups is 1. The Labute approximate surface area is 231 Å². The smallest absolute Gasteiger partial charge is 0.374 e. The van der Waals surface area contributed by atoms with Gasteiger partial charge in [0.2, 0.25) is 10.0 Å². The van der Waals surface area contributed by atoms with Gasteiger partial charge in [0, 0.05) is 11.1 Å². The van der Waals surface area contributed by atoms with Gasteiger partial charge in [-0.05, 0) is 58.2 Å². The first-order valence-corrected chi connectivity index (χ1v) is 13.9. The van der Waals surface area contributed by atoms with E-state index in [0.29, 0.717) is 6.07 Å². The molecule has 1 amide bonds. The summed E-state index contributed by atoms with van der Waals surface area (Å²) in [5.74, 6) is -2.20. The number of aryl methyl sites for hydroxylation is 1. The Morgan fingerprint density at radius 1 is 1.18 bits per heavy atom. The fraction of sp³-hybridized carbons (Fsp3) is 0.391. The molecule has 1 N–H and O–H groups in total. The molecule has 17 heteroatoms. The highest BCUT2D eigenvalue weighted by Gasteiger charge is 2.64. The largest absolute Gasteiger partial charge is 0.435 e. The highest BCUT2D eigenvalue weighted by molar-refractivity contribution is 9.10. The van der Waals surface area contributed by atoms with E-state index in [2.05, 4.69) is 26.4 Å². The average Bonchev–Trinajstić information content (AvgIpc) is 3.48. The molecule has 2 aromatic rings. The molecule has 2 atom stereocenters. The number of carbonyl (C=O) groups excluding carboxylic acids is 1. The molecule has 1 fully saturated rings. The maximum atomic E-state index is 14.9. The molecule has 1 saturated heterocycles. The monoisotopic (exact) mass is 661 g/mol. The number of rotatable bonds is 5. The van der Waals surface area contributed by atoms with Gasteiger partial charge in [0.05, 0.1) is 47.6 Å². The first-order valence-electron chi connectivity index (χ1n) is 11.2. The minimum absolute atomic E-state index is 0.0440. The summed E-state index contributed by atoms with van der Waals surface area (Å²) >= 11 is 2.55. The van der Waals surface area contributed by atoms with Gasteiger partial charge in [-0.2, -0.15) is 26.3 Å². The third-order valence-corrected chi connectivity index (χ3v) is 7.85. The van der Waals surface area contributed by atoms with Crippen LogP contribution in [0, 0.1) is 12.7 Å². The van der Waals surface area contributed by atoms with Gasteiger partial charge in [-0.1, -0.05) is 15.7 Å². The molecule has 2 heterocycles. The molecule has 2 aromatic carbocycles. The topological polar surface area (TPSA) is 97.3 Å². The van der Waals surface area contributed by atoms with Crippen molar-refractivity contribution in [2.45, 2.75) is 37.3 Å². The molecule has 40 heavy (non-hydrogen) atoms. The maximum absolute atomic E-state index is 14.9. The molecule has 0 aromatic heterocycles. The summed E-state index contributed by atoms with van der Waals surface area (Å²) in [4.78, 5) is 22.5. The standard InChI is InChI=1S/C23H19BrF7N3O5S/c1-11-5-12(3-4-15(11)20(35)32-14-9-34(38-10-14)40(2,36)37)18-8-21(39-33-18,23(29,30)31)16-6-13(22(26,27)28)7-17(24)19(16)25/h3-7,14H,8-10H2,1-2H3,(H,32,35)/t14?,21-/m0/s1. The number of amides is 1. The van der Waals surface area contributed by atoms with Crippen molar-refractivity contribution in [2.24, 2.45) is 5.16 Å². The summed E-state index contributed by atoms with van der Waals surface area (Å²) in [6.45, 7) is 1.24. The zero-order chi connectivity index (χ0) is 29.8. The van der Waals surface area contributed by atoms with Gasteiger partial charge in [0.1, 0.15) is 5.82 Å². The van der Waals surface area contributed by atoms with Gasteiger partial charge in [-0.3, -0.25) is 9.63 Å². The summed E-state index contributed by atoms with van der Waals surface area (Å²) in [7, 11) is -3.64. The van der Waals surface area contributed by atoms with Crippen LogP contribution in [0.25, 0.3) is 0 Å². The summed E-state index contributed by atoms with van der Waals surface area (Å²) in [6, 6.07) is 3.55. The van der Waals surface area contributed by atoms with Crippen molar-refractivity contribution in [1.82, 2.24) is 9.79 Å². The lowest BCUT2D eigenvalue weighted by Gasteiger charge is -2.30. The number of sulfonamides is 1. The normalized spacial score (nSPS) is 22.2. The quantitative estimate of drug-likeness (QED) is 0.465. The Morgan fingerprint density at radius 2 is 1.85 bits per heavy atom. The second-order valence-electron chi connectivity index (χ2n) is 9.19. The number of nitrogens with zero attached hydrogens (tertiary/aromatic N) is 2. The Balaban J connectivity index is 1.60. The van der Waals surface area contributed by atoms with E-state index in [0.717, 1.165) is 10.7 Å². The van der Waals surface area contributed by atoms with Crippen LogP contribution < -0.4 is 5.32 Å². The van der Waals surface area contributed by atoms with Crippen LogP contribution in [-0.2, 0) is 31.5 Å². The lowest BCUT2D eigenvalue weighted by Crippen LogP contribution is -2.43. The van der Waals surface area contributed by atoms with Gasteiger partial charge < -0.3 is 10.2 Å². The van der Waals surface area contributed by atoms with E-state index in [4.69, 9.17) is 9.68 Å². The lowest BCUT2D eigenvalue weighted by atomic mass is 9.85. The average molecular weight is 662 g/mol. The predicted octanol–water partition coefficient (Wildman–Crippen LogP) is 4.80. The fourth-order valence-corrected chi connectivity index (χ4v) is 5.39. The molecule has 2 aliphatic rings. The van der Waals surface area contributed by atoms with E-state index in [1.807, 2.05) is 0 Å². The predicted molar refractivity (Wildman–Crippen MR) is 129 cm³/mol. The number of benzene rings is 2. The van der Waals surface area contributed by atoms with Crippen LogP contribution in [0.1, 0.15) is 39.0 Å². The number of nitrogens with one attached hydrogen (secondary N) is 1. The Hall–Kier alpha value is -2.76. The molecule has 0 radical (unpaired) electrons. The first kappa shape index (κ1) is 30.2. The zero-order valence-electron chi connectivity index (χ0n) is 20.5. The SMILES string of the molecule is Cc1cc(C2=NO[C@@](c3cc(C(F)(F)F)cc(Br)c3F)(C(F)(F)F)C2)ccc1C(=O)NC1CON(S(C)(=O)=O)C1. The Morgan fingerprint density at radius 3 is 2.40 bits per heavy atom. The molecular formula is C23H19BrF7N3O5S. The molecule has 218 valence electrons. The third-order valence-electron chi connectivity index (χ3n) is 6.28. The zero-order valence-corrected chi connectivity index (χ0v) is 22.9. The first-order chi connectivity index (χ1) is 18.3. The number of oxime groups is 1. The number of hydrogen-bond donors (Lipinski definition) is 1. The van der Waals surface area contributed by atoms with E-state index < -0.39 is 67.8 Å². The van der Waals surface area contributed by atoms with Crippen LogP contribution in [0.15, 0.2) is 40.0 Å². The van der Waals surface area contributed by atoms with Crippen LogP contribution in [0.3, 0.4) is 0 Å². The molecule has 1 unspecified atom stereocenters.